The zero-order valence-electron chi connectivity index (χ0n) is 17.7. The summed E-state index contributed by atoms with van der Waals surface area (Å²) < 4.78 is 12.2. The van der Waals surface area contributed by atoms with Crippen LogP contribution in [-0.4, -0.2) is 30.2 Å². The average Bonchev–Trinajstić information content (AvgIpc) is 3.05. The molecule has 0 atom stereocenters. The van der Waals surface area contributed by atoms with Crippen LogP contribution in [0, 0.1) is 13.8 Å². The molecular formula is C24H26N2O4. The average molecular weight is 406 g/mol. The summed E-state index contributed by atoms with van der Waals surface area (Å²) in [4.78, 5) is 25.2. The van der Waals surface area contributed by atoms with Gasteiger partial charge in [-0.3, -0.25) is 4.79 Å². The maximum absolute atomic E-state index is 12.8. The number of nitrogens with zero attached hydrogens (tertiary/aromatic N) is 1. The molecule has 1 aromatic heterocycles. The molecule has 0 aliphatic carbocycles. The third-order valence-electron chi connectivity index (χ3n) is 4.88. The number of anilines is 1. The Hall–Kier alpha value is -3.54. The number of aromatic nitrogens is 1. The minimum atomic E-state index is -0.391. The maximum Gasteiger partial charge on any atom is 0.339 e. The lowest BCUT2D eigenvalue weighted by Crippen LogP contribution is -2.20. The third-order valence-corrected chi connectivity index (χ3v) is 4.88. The number of rotatable bonds is 7. The second-order valence-electron chi connectivity index (χ2n) is 6.98. The number of carbonyl (C=O) groups excluding carboxylic acids is 2. The molecule has 0 unspecified atom stereocenters. The Morgan fingerprint density at radius 2 is 1.67 bits per heavy atom. The molecule has 156 valence electrons. The van der Waals surface area contributed by atoms with Gasteiger partial charge in [0.25, 0.3) is 0 Å². The van der Waals surface area contributed by atoms with Gasteiger partial charge in [-0.25, -0.2) is 4.79 Å². The fraction of sp³-hybridized carbons (Fsp3) is 0.250. The fourth-order valence-corrected chi connectivity index (χ4v) is 3.25. The van der Waals surface area contributed by atoms with E-state index in [1.165, 1.54) is 0 Å². The molecule has 0 aliphatic rings. The van der Waals surface area contributed by atoms with Crippen LogP contribution in [-0.2, 0) is 16.1 Å². The zero-order valence-corrected chi connectivity index (χ0v) is 17.7. The van der Waals surface area contributed by atoms with E-state index in [0.717, 1.165) is 22.6 Å². The maximum atomic E-state index is 12.8. The van der Waals surface area contributed by atoms with Gasteiger partial charge in [-0.1, -0.05) is 29.8 Å². The third kappa shape index (κ3) is 4.71. The van der Waals surface area contributed by atoms with Gasteiger partial charge in [0.15, 0.2) is 0 Å². The standard InChI is InChI=1S/C24H26N2O4/c1-5-30-24(28)21-14-22(18-8-6-16(2)7-9-18)26(17(21)3)15-23(27)25-19-10-12-20(29-4)13-11-19/h6-14H,5,15H2,1-4H3,(H,25,27). The Labute approximate surface area is 176 Å². The van der Waals surface area contributed by atoms with Crippen LogP contribution in [0.4, 0.5) is 5.69 Å². The van der Waals surface area contributed by atoms with E-state index in [9.17, 15) is 9.59 Å². The van der Waals surface area contributed by atoms with E-state index in [4.69, 9.17) is 9.47 Å². The van der Waals surface area contributed by atoms with E-state index >= 15 is 0 Å². The Balaban J connectivity index is 1.91. The summed E-state index contributed by atoms with van der Waals surface area (Å²) in [6.07, 6.45) is 0. The lowest BCUT2D eigenvalue weighted by molar-refractivity contribution is -0.116. The van der Waals surface area contributed by atoms with Crippen molar-refractivity contribution in [3.8, 4) is 17.0 Å². The molecule has 0 aliphatic heterocycles. The molecule has 2 aromatic carbocycles. The normalized spacial score (nSPS) is 10.5. The molecule has 6 heteroatoms. The van der Waals surface area contributed by atoms with E-state index in [2.05, 4.69) is 5.32 Å². The first-order valence-electron chi connectivity index (χ1n) is 9.81. The summed E-state index contributed by atoms with van der Waals surface area (Å²) in [5, 5.41) is 2.89. The van der Waals surface area contributed by atoms with Gasteiger partial charge in [0.1, 0.15) is 12.3 Å². The first-order valence-corrected chi connectivity index (χ1v) is 9.81. The molecule has 30 heavy (non-hydrogen) atoms. The van der Waals surface area contributed by atoms with Crippen molar-refractivity contribution in [2.24, 2.45) is 0 Å². The molecule has 3 rings (SSSR count). The van der Waals surface area contributed by atoms with Gasteiger partial charge >= 0.3 is 5.97 Å². The van der Waals surface area contributed by atoms with Crippen LogP contribution in [0.5, 0.6) is 5.75 Å². The topological polar surface area (TPSA) is 69.6 Å². The molecule has 0 spiro atoms. The molecule has 0 bridgehead atoms. The SMILES string of the molecule is CCOC(=O)c1cc(-c2ccc(C)cc2)n(CC(=O)Nc2ccc(OC)cc2)c1C. The van der Waals surface area contributed by atoms with Crippen LogP contribution in [0.2, 0.25) is 0 Å². The van der Waals surface area contributed by atoms with Crippen LogP contribution in [0.25, 0.3) is 11.3 Å². The van der Waals surface area contributed by atoms with E-state index < -0.39 is 5.97 Å². The van der Waals surface area contributed by atoms with Crippen molar-refractivity contribution >= 4 is 17.6 Å². The van der Waals surface area contributed by atoms with Crippen LogP contribution >= 0.6 is 0 Å². The van der Waals surface area contributed by atoms with E-state index in [-0.39, 0.29) is 12.5 Å². The van der Waals surface area contributed by atoms with Crippen molar-refractivity contribution in [3.05, 3.63) is 71.4 Å². The van der Waals surface area contributed by atoms with Crippen molar-refractivity contribution in [1.82, 2.24) is 4.57 Å². The summed E-state index contributed by atoms with van der Waals surface area (Å²) >= 11 is 0. The molecule has 1 heterocycles. The van der Waals surface area contributed by atoms with Crippen molar-refractivity contribution in [2.45, 2.75) is 27.3 Å². The molecule has 1 amide bonds. The number of hydrogen-bond donors (Lipinski definition) is 1. The number of amides is 1. The number of benzene rings is 2. The van der Waals surface area contributed by atoms with E-state index in [0.29, 0.717) is 23.6 Å². The Morgan fingerprint density at radius 3 is 2.27 bits per heavy atom. The van der Waals surface area contributed by atoms with Gasteiger partial charge in [0.2, 0.25) is 5.91 Å². The van der Waals surface area contributed by atoms with Crippen molar-refractivity contribution in [3.63, 3.8) is 0 Å². The van der Waals surface area contributed by atoms with Crippen LogP contribution in [0.15, 0.2) is 54.6 Å². The number of aryl methyl sites for hydroxylation is 1. The van der Waals surface area contributed by atoms with Gasteiger partial charge in [-0.2, -0.15) is 0 Å². The van der Waals surface area contributed by atoms with Gasteiger partial charge < -0.3 is 19.4 Å². The molecule has 0 saturated carbocycles. The highest BCUT2D eigenvalue weighted by Gasteiger charge is 2.21. The van der Waals surface area contributed by atoms with Gasteiger partial charge in [0.05, 0.1) is 19.3 Å². The number of hydrogen-bond acceptors (Lipinski definition) is 4. The number of esters is 1. The fourth-order valence-electron chi connectivity index (χ4n) is 3.25. The van der Waals surface area contributed by atoms with Crippen molar-refractivity contribution in [1.29, 1.82) is 0 Å². The Kier molecular flexibility index (Phi) is 6.57. The lowest BCUT2D eigenvalue weighted by atomic mass is 10.1. The number of ether oxygens (including phenoxy) is 2. The van der Waals surface area contributed by atoms with Crippen molar-refractivity contribution in [2.75, 3.05) is 19.0 Å². The van der Waals surface area contributed by atoms with Gasteiger partial charge in [-0.05, 0) is 56.7 Å². The van der Waals surface area contributed by atoms with Gasteiger partial charge in [-0.15, -0.1) is 0 Å². The van der Waals surface area contributed by atoms with Crippen LogP contribution in [0.3, 0.4) is 0 Å². The van der Waals surface area contributed by atoms with E-state index in [1.807, 2.05) is 42.7 Å². The predicted molar refractivity (Wildman–Crippen MR) is 117 cm³/mol. The van der Waals surface area contributed by atoms with Crippen LogP contribution < -0.4 is 10.1 Å². The van der Waals surface area contributed by atoms with Crippen molar-refractivity contribution < 1.29 is 19.1 Å². The predicted octanol–water partition coefficient (Wildman–Crippen LogP) is 4.60. The Bertz CT molecular complexity index is 1030. The molecular weight excluding hydrogens is 380 g/mol. The largest absolute Gasteiger partial charge is 0.497 e. The number of methoxy groups -OCH3 is 1. The first kappa shape index (κ1) is 21.2. The summed E-state index contributed by atoms with van der Waals surface area (Å²) in [6.45, 7) is 5.97. The summed E-state index contributed by atoms with van der Waals surface area (Å²) in [5.41, 5.74) is 4.68. The minimum absolute atomic E-state index is 0.0699. The second-order valence-corrected chi connectivity index (χ2v) is 6.98. The minimum Gasteiger partial charge on any atom is -0.497 e. The lowest BCUT2D eigenvalue weighted by Gasteiger charge is -2.13. The molecule has 1 N–H and O–H groups in total. The molecule has 0 saturated heterocycles. The number of carbonyl (C=O) groups is 2. The van der Waals surface area contributed by atoms with Gasteiger partial charge in [0, 0.05) is 17.1 Å². The summed E-state index contributed by atoms with van der Waals surface area (Å²) in [6, 6.07) is 16.9. The first-order chi connectivity index (χ1) is 14.4. The van der Waals surface area contributed by atoms with Crippen LogP contribution in [0.1, 0.15) is 28.5 Å². The highest BCUT2D eigenvalue weighted by Crippen LogP contribution is 2.27. The second kappa shape index (κ2) is 9.31. The number of nitrogens with one attached hydrogen (secondary N) is 1. The molecule has 3 aromatic rings. The summed E-state index contributed by atoms with van der Waals surface area (Å²) in [5.74, 6) is 0.135. The zero-order chi connectivity index (χ0) is 21.7. The molecule has 0 fully saturated rings. The highest BCUT2D eigenvalue weighted by atomic mass is 16.5. The quantitative estimate of drug-likeness (QED) is 0.583. The Morgan fingerprint density at radius 1 is 1.00 bits per heavy atom. The monoisotopic (exact) mass is 406 g/mol. The summed E-state index contributed by atoms with van der Waals surface area (Å²) in [7, 11) is 1.59. The molecule has 0 radical (unpaired) electrons. The van der Waals surface area contributed by atoms with E-state index in [1.54, 1.807) is 44.4 Å². The smallest absolute Gasteiger partial charge is 0.339 e. The highest BCUT2D eigenvalue weighted by molar-refractivity contribution is 5.94. The molecule has 6 nitrogen and oxygen atoms in total.